The Balaban J connectivity index is 1.45. The van der Waals surface area contributed by atoms with E-state index in [0.717, 1.165) is 16.9 Å². The predicted molar refractivity (Wildman–Crippen MR) is 99.4 cm³/mol. The molecule has 0 saturated heterocycles. The number of benzene rings is 1. The van der Waals surface area contributed by atoms with Crippen LogP contribution < -0.4 is 5.32 Å². The van der Waals surface area contributed by atoms with Crippen LogP contribution in [-0.2, 0) is 6.54 Å². The highest BCUT2D eigenvalue weighted by molar-refractivity contribution is 5.91. The number of hydrogen-bond donors (Lipinski definition) is 1. The number of fused-ring (bicyclic) bond motifs is 1. The van der Waals surface area contributed by atoms with Crippen molar-refractivity contribution in [1.82, 2.24) is 20.1 Å². The Bertz CT molecular complexity index is 1070. The van der Waals surface area contributed by atoms with Gasteiger partial charge in [-0.15, -0.1) is 0 Å². The second kappa shape index (κ2) is 6.75. The number of carbonyl (C=O) groups excluding carboxylic acids is 1. The fourth-order valence-corrected chi connectivity index (χ4v) is 2.97. The van der Waals surface area contributed by atoms with Gasteiger partial charge in [-0.1, -0.05) is 12.1 Å². The highest BCUT2D eigenvalue weighted by Gasteiger charge is 2.19. The van der Waals surface area contributed by atoms with E-state index in [4.69, 9.17) is 8.83 Å². The van der Waals surface area contributed by atoms with E-state index in [-0.39, 0.29) is 17.7 Å². The molecule has 0 radical (unpaired) electrons. The van der Waals surface area contributed by atoms with E-state index in [0.29, 0.717) is 23.8 Å². The van der Waals surface area contributed by atoms with E-state index < -0.39 is 0 Å². The largest absolute Gasteiger partial charge is 0.454 e. The van der Waals surface area contributed by atoms with Gasteiger partial charge in [-0.25, -0.2) is 4.98 Å². The first-order valence-corrected chi connectivity index (χ1v) is 8.75. The number of aromatic nitrogens is 3. The molecule has 0 aliphatic heterocycles. The summed E-state index contributed by atoms with van der Waals surface area (Å²) in [6.45, 7) is 6.23. The Morgan fingerprint density at radius 2 is 2.00 bits per heavy atom. The molecule has 1 unspecified atom stereocenters. The third-order valence-electron chi connectivity index (χ3n) is 4.32. The number of para-hydroxylation sites is 2. The van der Waals surface area contributed by atoms with Gasteiger partial charge in [0, 0.05) is 5.69 Å². The fraction of sp³-hybridized carbons (Fsp3) is 0.250. The van der Waals surface area contributed by atoms with Gasteiger partial charge in [-0.05, 0) is 51.1 Å². The average Bonchev–Trinajstić information content (AvgIpc) is 3.34. The third-order valence-corrected chi connectivity index (χ3v) is 4.32. The van der Waals surface area contributed by atoms with Crippen molar-refractivity contribution in [3.8, 4) is 0 Å². The van der Waals surface area contributed by atoms with Gasteiger partial charge in [0.05, 0.1) is 12.2 Å². The topological polar surface area (TPSA) is 86.1 Å². The van der Waals surface area contributed by atoms with Gasteiger partial charge in [-0.3, -0.25) is 9.48 Å². The van der Waals surface area contributed by atoms with Crippen molar-refractivity contribution in [1.29, 1.82) is 0 Å². The standard InChI is InChI=1S/C20H20N4O3/c1-12-10-13(2)24(23-12)11-15-8-9-18(26-15)19(25)21-14(3)20-22-16-6-4-5-7-17(16)27-20/h4-10,14H,11H2,1-3H3,(H,21,25). The summed E-state index contributed by atoms with van der Waals surface area (Å²) < 4.78 is 13.2. The zero-order chi connectivity index (χ0) is 19.0. The second-order valence-corrected chi connectivity index (χ2v) is 6.57. The molecule has 0 aliphatic carbocycles. The summed E-state index contributed by atoms with van der Waals surface area (Å²) in [5, 5.41) is 7.26. The summed E-state index contributed by atoms with van der Waals surface area (Å²) in [5.74, 6) is 1.05. The van der Waals surface area contributed by atoms with Crippen molar-refractivity contribution in [2.24, 2.45) is 0 Å². The van der Waals surface area contributed by atoms with E-state index in [1.54, 1.807) is 12.1 Å². The Kier molecular flexibility index (Phi) is 4.27. The number of rotatable bonds is 5. The van der Waals surface area contributed by atoms with E-state index >= 15 is 0 Å². The van der Waals surface area contributed by atoms with Gasteiger partial charge in [0.2, 0.25) is 5.89 Å². The monoisotopic (exact) mass is 364 g/mol. The molecule has 0 bridgehead atoms. The lowest BCUT2D eigenvalue weighted by molar-refractivity contribution is 0.0904. The average molecular weight is 364 g/mol. The summed E-state index contributed by atoms with van der Waals surface area (Å²) in [6, 6.07) is 12.6. The van der Waals surface area contributed by atoms with Gasteiger partial charge >= 0.3 is 0 Å². The van der Waals surface area contributed by atoms with Gasteiger partial charge < -0.3 is 14.2 Å². The van der Waals surface area contributed by atoms with Crippen LogP contribution >= 0.6 is 0 Å². The van der Waals surface area contributed by atoms with Crippen LogP contribution in [0.2, 0.25) is 0 Å². The molecule has 4 rings (SSSR count). The van der Waals surface area contributed by atoms with E-state index in [2.05, 4.69) is 15.4 Å². The predicted octanol–water partition coefficient (Wildman–Crippen LogP) is 3.77. The molecule has 0 saturated carbocycles. The maximum atomic E-state index is 12.5. The van der Waals surface area contributed by atoms with E-state index in [1.165, 1.54) is 0 Å². The normalized spacial score (nSPS) is 12.4. The molecule has 27 heavy (non-hydrogen) atoms. The molecule has 1 atom stereocenters. The van der Waals surface area contributed by atoms with Crippen molar-refractivity contribution in [2.45, 2.75) is 33.4 Å². The molecule has 3 heterocycles. The SMILES string of the molecule is Cc1cc(C)n(Cc2ccc(C(=O)NC(C)c3nc4ccccc4o3)o2)n1. The Hall–Kier alpha value is -3.35. The van der Waals surface area contributed by atoms with E-state index in [9.17, 15) is 4.79 Å². The van der Waals surface area contributed by atoms with E-state index in [1.807, 2.05) is 55.8 Å². The summed E-state index contributed by atoms with van der Waals surface area (Å²) in [5.41, 5.74) is 3.45. The van der Waals surface area contributed by atoms with Crippen molar-refractivity contribution in [3.05, 3.63) is 71.3 Å². The number of aryl methyl sites for hydroxylation is 2. The number of furan rings is 1. The maximum absolute atomic E-state index is 12.5. The number of nitrogens with one attached hydrogen (secondary N) is 1. The summed E-state index contributed by atoms with van der Waals surface area (Å²) in [4.78, 5) is 16.9. The number of carbonyl (C=O) groups is 1. The van der Waals surface area contributed by atoms with Crippen LogP contribution in [0.5, 0.6) is 0 Å². The zero-order valence-electron chi connectivity index (χ0n) is 15.4. The molecule has 3 aromatic heterocycles. The van der Waals surface area contributed by atoms with Gasteiger partial charge in [0.15, 0.2) is 11.3 Å². The minimum Gasteiger partial charge on any atom is -0.454 e. The lowest BCUT2D eigenvalue weighted by Gasteiger charge is -2.08. The van der Waals surface area contributed by atoms with Crippen molar-refractivity contribution in [3.63, 3.8) is 0 Å². The molecule has 0 fully saturated rings. The number of oxazole rings is 1. The first-order valence-electron chi connectivity index (χ1n) is 8.75. The van der Waals surface area contributed by atoms with Crippen molar-refractivity contribution in [2.75, 3.05) is 0 Å². The second-order valence-electron chi connectivity index (χ2n) is 6.57. The van der Waals surface area contributed by atoms with Crippen LogP contribution in [0.3, 0.4) is 0 Å². The lowest BCUT2D eigenvalue weighted by atomic mass is 10.3. The lowest BCUT2D eigenvalue weighted by Crippen LogP contribution is -2.26. The smallest absolute Gasteiger partial charge is 0.287 e. The van der Waals surface area contributed by atoms with Crippen molar-refractivity contribution < 1.29 is 13.6 Å². The number of amides is 1. The van der Waals surface area contributed by atoms with Crippen molar-refractivity contribution >= 4 is 17.0 Å². The fourth-order valence-electron chi connectivity index (χ4n) is 2.97. The maximum Gasteiger partial charge on any atom is 0.287 e. The minimum absolute atomic E-state index is 0.245. The Morgan fingerprint density at radius 3 is 2.74 bits per heavy atom. The zero-order valence-corrected chi connectivity index (χ0v) is 15.4. The molecule has 7 heteroatoms. The highest BCUT2D eigenvalue weighted by Crippen LogP contribution is 2.20. The number of hydrogen-bond acceptors (Lipinski definition) is 5. The molecule has 7 nitrogen and oxygen atoms in total. The summed E-state index contributed by atoms with van der Waals surface area (Å²) in [7, 11) is 0. The molecule has 1 N–H and O–H groups in total. The molecule has 0 aliphatic rings. The summed E-state index contributed by atoms with van der Waals surface area (Å²) in [6.07, 6.45) is 0. The molecular weight excluding hydrogens is 344 g/mol. The molecule has 0 spiro atoms. The first kappa shape index (κ1) is 17.1. The first-order chi connectivity index (χ1) is 13.0. The molecule has 1 amide bonds. The van der Waals surface area contributed by atoms with Crippen LogP contribution in [0.4, 0.5) is 0 Å². The van der Waals surface area contributed by atoms with Crippen LogP contribution in [0.15, 0.2) is 51.3 Å². The Labute approximate surface area is 156 Å². The molecule has 138 valence electrons. The minimum atomic E-state index is -0.380. The van der Waals surface area contributed by atoms with Crippen LogP contribution in [0.25, 0.3) is 11.1 Å². The van der Waals surface area contributed by atoms with Crippen LogP contribution in [-0.4, -0.2) is 20.7 Å². The van der Waals surface area contributed by atoms with Gasteiger partial charge in [0.25, 0.3) is 5.91 Å². The van der Waals surface area contributed by atoms with Gasteiger partial charge in [0.1, 0.15) is 17.3 Å². The van der Waals surface area contributed by atoms with Crippen LogP contribution in [0, 0.1) is 13.8 Å². The van der Waals surface area contributed by atoms with Crippen LogP contribution in [0.1, 0.15) is 46.6 Å². The summed E-state index contributed by atoms with van der Waals surface area (Å²) >= 11 is 0. The highest BCUT2D eigenvalue weighted by atomic mass is 16.4. The van der Waals surface area contributed by atoms with Gasteiger partial charge in [-0.2, -0.15) is 5.10 Å². The quantitative estimate of drug-likeness (QED) is 0.582. The Morgan fingerprint density at radius 1 is 1.19 bits per heavy atom. The third kappa shape index (κ3) is 3.48. The number of nitrogens with zero attached hydrogens (tertiary/aromatic N) is 3. The molecule has 4 aromatic rings. The molecule has 1 aromatic carbocycles. The molecular formula is C20H20N4O3.